The predicted molar refractivity (Wildman–Crippen MR) is 175 cm³/mol. The van der Waals surface area contributed by atoms with Crippen LogP contribution in [0.3, 0.4) is 0 Å². The molecule has 0 bridgehead atoms. The van der Waals surface area contributed by atoms with Crippen LogP contribution >= 0.6 is 0 Å². The highest BCUT2D eigenvalue weighted by molar-refractivity contribution is 6.17. The molecule has 0 fully saturated rings. The first-order chi connectivity index (χ1) is 21.2. The SMILES string of the molecule is Cc1c(C#N)ccc(C#N)c1-n1c2ccccc2c2c(-c3ccc4c5ccccc5n(-c5ccccc5)c4c3)cccc21. The lowest BCUT2D eigenvalue weighted by atomic mass is 9.98. The highest BCUT2D eigenvalue weighted by atomic mass is 15.0. The van der Waals surface area contributed by atoms with Crippen molar-refractivity contribution in [3.05, 3.63) is 144 Å². The molecule has 2 heterocycles. The molecule has 0 aliphatic rings. The Balaban J connectivity index is 1.47. The van der Waals surface area contributed by atoms with Crippen LogP contribution < -0.4 is 0 Å². The van der Waals surface area contributed by atoms with E-state index in [1.807, 2.05) is 19.1 Å². The van der Waals surface area contributed by atoms with Gasteiger partial charge in [-0.05, 0) is 72.1 Å². The lowest BCUT2D eigenvalue weighted by Gasteiger charge is -2.14. The Hall–Kier alpha value is -6.10. The van der Waals surface area contributed by atoms with Gasteiger partial charge in [0.15, 0.2) is 0 Å². The Kier molecular flexibility index (Phi) is 5.44. The second kappa shape index (κ2) is 9.48. The number of nitriles is 2. The van der Waals surface area contributed by atoms with Crippen molar-refractivity contribution in [3.63, 3.8) is 0 Å². The summed E-state index contributed by atoms with van der Waals surface area (Å²) in [5.41, 5.74) is 10.3. The van der Waals surface area contributed by atoms with Gasteiger partial charge in [-0.3, -0.25) is 0 Å². The van der Waals surface area contributed by atoms with Crippen LogP contribution in [0.5, 0.6) is 0 Å². The Bertz CT molecular complexity index is 2480. The summed E-state index contributed by atoms with van der Waals surface area (Å²) in [6.45, 7) is 1.93. The van der Waals surface area contributed by atoms with Crippen LogP contribution in [0.25, 0.3) is 66.1 Å². The molecule has 8 aromatic rings. The summed E-state index contributed by atoms with van der Waals surface area (Å²) < 4.78 is 4.50. The summed E-state index contributed by atoms with van der Waals surface area (Å²) in [6.07, 6.45) is 0. The molecule has 0 radical (unpaired) electrons. The summed E-state index contributed by atoms with van der Waals surface area (Å²) in [7, 11) is 0. The van der Waals surface area contributed by atoms with Gasteiger partial charge in [-0.1, -0.05) is 78.9 Å². The van der Waals surface area contributed by atoms with Crippen molar-refractivity contribution in [2.45, 2.75) is 6.92 Å². The van der Waals surface area contributed by atoms with Crippen LogP contribution in [0.2, 0.25) is 0 Å². The zero-order chi connectivity index (χ0) is 29.1. The van der Waals surface area contributed by atoms with Gasteiger partial charge in [-0.25, -0.2) is 0 Å². The minimum atomic E-state index is 0.540. The van der Waals surface area contributed by atoms with Crippen molar-refractivity contribution < 1.29 is 0 Å². The monoisotopic (exact) mass is 548 g/mol. The summed E-state index contributed by atoms with van der Waals surface area (Å²) in [5, 5.41) is 24.6. The maximum Gasteiger partial charge on any atom is 0.101 e. The lowest BCUT2D eigenvalue weighted by Crippen LogP contribution is -2.02. The molecule has 4 nitrogen and oxygen atoms in total. The maximum atomic E-state index is 10.1. The molecule has 0 spiro atoms. The Labute approximate surface area is 248 Å². The van der Waals surface area contributed by atoms with E-state index in [0.717, 1.165) is 55.4 Å². The van der Waals surface area contributed by atoms with E-state index >= 15 is 0 Å². The Morgan fingerprint density at radius 2 is 1.14 bits per heavy atom. The Morgan fingerprint density at radius 1 is 0.512 bits per heavy atom. The van der Waals surface area contributed by atoms with Crippen molar-refractivity contribution in [1.29, 1.82) is 10.5 Å². The van der Waals surface area contributed by atoms with Crippen molar-refractivity contribution >= 4 is 43.6 Å². The average Bonchev–Trinajstić information content (AvgIpc) is 3.57. The first-order valence-corrected chi connectivity index (χ1v) is 14.2. The highest BCUT2D eigenvalue weighted by Gasteiger charge is 2.21. The molecule has 2 aromatic heterocycles. The van der Waals surface area contributed by atoms with Gasteiger partial charge in [0.2, 0.25) is 0 Å². The third kappa shape index (κ3) is 3.54. The minimum Gasteiger partial charge on any atom is -0.309 e. The molecule has 4 heteroatoms. The number of aromatic nitrogens is 2. The average molecular weight is 549 g/mol. The summed E-state index contributed by atoms with van der Waals surface area (Å²) >= 11 is 0. The fourth-order valence-corrected chi connectivity index (χ4v) is 6.69. The van der Waals surface area contributed by atoms with E-state index in [2.05, 4.69) is 124 Å². The van der Waals surface area contributed by atoms with Gasteiger partial charge < -0.3 is 9.13 Å². The highest BCUT2D eigenvalue weighted by Crippen LogP contribution is 2.41. The molecule has 0 saturated heterocycles. The van der Waals surface area contributed by atoms with Crippen LogP contribution in [0, 0.1) is 29.6 Å². The molecule has 0 aliphatic heterocycles. The molecule has 0 unspecified atom stereocenters. The van der Waals surface area contributed by atoms with E-state index in [4.69, 9.17) is 0 Å². The van der Waals surface area contributed by atoms with Gasteiger partial charge in [-0.15, -0.1) is 0 Å². The van der Waals surface area contributed by atoms with Gasteiger partial charge in [0.25, 0.3) is 0 Å². The van der Waals surface area contributed by atoms with Gasteiger partial charge in [0.05, 0.1) is 45.0 Å². The van der Waals surface area contributed by atoms with Gasteiger partial charge in [0.1, 0.15) is 6.07 Å². The predicted octanol–water partition coefficient (Wildman–Crippen LogP) is 9.60. The van der Waals surface area contributed by atoms with E-state index in [0.29, 0.717) is 11.1 Å². The van der Waals surface area contributed by atoms with Crippen molar-refractivity contribution in [2.75, 3.05) is 0 Å². The fourth-order valence-electron chi connectivity index (χ4n) is 6.69. The molecule has 8 rings (SSSR count). The second-order valence-corrected chi connectivity index (χ2v) is 10.8. The quantitative estimate of drug-likeness (QED) is 0.221. The van der Waals surface area contributed by atoms with Crippen LogP contribution in [0.4, 0.5) is 0 Å². The zero-order valence-corrected chi connectivity index (χ0v) is 23.4. The van der Waals surface area contributed by atoms with E-state index in [9.17, 15) is 10.5 Å². The normalized spacial score (nSPS) is 11.3. The zero-order valence-electron chi connectivity index (χ0n) is 23.4. The van der Waals surface area contributed by atoms with Crippen LogP contribution in [-0.4, -0.2) is 9.13 Å². The van der Waals surface area contributed by atoms with Crippen LogP contribution in [-0.2, 0) is 0 Å². The molecule has 0 amide bonds. The number of rotatable bonds is 3. The first-order valence-electron chi connectivity index (χ1n) is 14.2. The third-order valence-electron chi connectivity index (χ3n) is 8.59. The number of hydrogen-bond donors (Lipinski definition) is 0. The summed E-state index contributed by atoms with van der Waals surface area (Å²) in [5.74, 6) is 0. The van der Waals surface area contributed by atoms with Crippen LogP contribution in [0.15, 0.2) is 127 Å². The number of benzene rings is 6. The topological polar surface area (TPSA) is 57.4 Å². The summed E-state index contributed by atoms with van der Waals surface area (Å²) in [6, 6.07) is 48.7. The molecular weight excluding hydrogens is 524 g/mol. The van der Waals surface area contributed by atoms with E-state index in [1.54, 1.807) is 12.1 Å². The fraction of sp³-hybridized carbons (Fsp3) is 0.0256. The number of nitrogens with zero attached hydrogens (tertiary/aromatic N) is 4. The molecule has 43 heavy (non-hydrogen) atoms. The smallest absolute Gasteiger partial charge is 0.101 e. The lowest BCUT2D eigenvalue weighted by molar-refractivity contribution is 1.13. The van der Waals surface area contributed by atoms with Crippen LogP contribution in [0.1, 0.15) is 16.7 Å². The Morgan fingerprint density at radius 3 is 1.91 bits per heavy atom. The molecule has 0 atom stereocenters. The molecule has 200 valence electrons. The van der Waals surface area contributed by atoms with Crippen molar-refractivity contribution in [3.8, 4) is 34.6 Å². The van der Waals surface area contributed by atoms with Gasteiger partial charge >= 0.3 is 0 Å². The molecular formula is C39H24N4. The number of fused-ring (bicyclic) bond motifs is 6. The minimum absolute atomic E-state index is 0.540. The maximum absolute atomic E-state index is 10.1. The molecule has 0 saturated carbocycles. The molecule has 6 aromatic carbocycles. The largest absolute Gasteiger partial charge is 0.309 e. The molecule has 0 N–H and O–H groups in total. The van der Waals surface area contributed by atoms with Gasteiger partial charge in [-0.2, -0.15) is 10.5 Å². The number of hydrogen-bond acceptors (Lipinski definition) is 2. The summed E-state index contributed by atoms with van der Waals surface area (Å²) in [4.78, 5) is 0. The first kappa shape index (κ1) is 24.7. The van der Waals surface area contributed by atoms with Crippen molar-refractivity contribution in [1.82, 2.24) is 9.13 Å². The van der Waals surface area contributed by atoms with E-state index < -0.39 is 0 Å². The van der Waals surface area contributed by atoms with E-state index in [-0.39, 0.29) is 0 Å². The van der Waals surface area contributed by atoms with E-state index in [1.165, 1.54) is 16.3 Å². The van der Waals surface area contributed by atoms with Gasteiger partial charge in [0, 0.05) is 27.2 Å². The third-order valence-corrected chi connectivity index (χ3v) is 8.59. The second-order valence-electron chi connectivity index (χ2n) is 10.8. The van der Waals surface area contributed by atoms with Crippen molar-refractivity contribution in [2.24, 2.45) is 0 Å². The standard InChI is InChI=1S/C39H24N4/c1-25-27(23-40)18-19-28(24-41)39(25)43-35-16-8-6-13-33(35)38-30(14-9-17-36(38)43)26-20-21-32-31-12-5-7-15-34(31)42(37(32)22-26)29-10-3-2-4-11-29/h2-22H,1H3. The number of para-hydroxylation sites is 3. The molecule has 0 aliphatic carbocycles.